The summed E-state index contributed by atoms with van der Waals surface area (Å²) in [6.45, 7) is 8.37. The van der Waals surface area contributed by atoms with E-state index < -0.39 is 0 Å². The molecular weight excluding hydrogens is 280 g/mol. The maximum absolute atomic E-state index is 5.17. The Bertz CT molecular complexity index is 541. The molecule has 0 aliphatic heterocycles. The van der Waals surface area contributed by atoms with Gasteiger partial charge in [-0.2, -0.15) is 4.98 Å². The van der Waals surface area contributed by atoms with Gasteiger partial charge in [-0.3, -0.25) is 0 Å². The van der Waals surface area contributed by atoms with Crippen LogP contribution in [0.25, 0.3) is 11.5 Å². The predicted octanol–water partition coefficient (Wildman–Crippen LogP) is 4.11. The minimum Gasteiger partial charge on any atom is -0.334 e. The summed E-state index contributed by atoms with van der Waals surface area (Å²) >= 11 is 3.56. The van der Waals surface area contributed by atoms with Crippen LogP contribution in [-0.2, 0) is 5.41 Å². The van der Waals surface area contributed by atoms with Crippen molar-refractivity contribution in [3.8, 4) is 11.5 Å². The number of aromatic nitrogens is 2. The monoisotopic (exact) mass is 294 g/mol. The van der Waals surface area contributed by atoms with E-state index in [-0.39, 0.29) is 5.41 Å². The summed E-state index contributed by atoms with van der Waals surface area (Å²) in [4.78, 5) is 4.23. The lowest BCUT2D eigenvalue weighted by Crippen LogP contribution is -2.10. The third kappa shape index (κ3) is 2.57. The summed E-state index contributed by atoms with van der Waals surface area (Å²) in [5.41, 5.74) is 2.33. The molecule has 0 spiro atoms. The lowest BCUT2D eigenvalue weighted by Gasteiger charge is -2.19. The van der Waals surface area contributed by atoms with E-state index in [1.165, 1.54) is 5.56 Å². The second-order valence-corrected chi connectivity index (χ2v) is 5.95. The highest BCUT2D eigenvalue weighted by molar-refractivity contribution is 9.10. The lowest BCUT2D eigenvalue weighted by atomic mass is 9.87. The van der Waals surface area contributed by atoms with Crippen LogP contribution in [0.15, 0.2) is 27.2 Å². The molecule has 0 N–H and O–H groups in total. The largest absolute Gasteiger partial charge is 0.334 e. The second kappa shape index (κ2) is 4.26. The molecule has 2 aromatic rings. The van der Waals surface area contributed by atoms with Crippen molar-refractivity contribution < 1.29 is 4.52 Å². The van der Waals surface area contributed by atoms with Crippen LogP contribution in [0.2, 0.25) is 0 Å². The van der Waals surface area contributed by atoms with Crippen molar-refractivity contribution in [1.82, 2.24) is 10.1 Å². The highest BCUT2D eigenvalue weighted by Gasteiger charge is 2.17. The van der Waals surface area contributed by atoms with Gasteiger partial charge in [0.2, 0.25) is 0 Å². The van der Waals surface area contributed by atoms with Gasteiger partial charge < -0.3 is 4.52 Å². The zero-order valence-corrected chi connectivity index (χ0v) is 12.0. The zero-order chi connectivity index (χ0) is 12.6. The van der Waals surface area contributed by atoms with Crippen molar-refractivity contribution in [2.24, 2.45) is 0 Å². The molecule has 3 nitrogen and oxygen atoms in total. The fourth-order valence-corrected chi connectivity index (χ4v) is 2.11. The van der Waals surface area contributed by atoms with Crippen molar-refractivity contribution >= 4 is 15.9 Å². The molecule has 1 aromatic carbocycles. The van der Waals surface area contributed by atoms with Gasteiger partial charge in [0.1, 0.15) is 0 Å². The van der Waals surface area contributed by atoms with Crippen molar-refractivity contribution in [2.45, 2.75) is 33.1 Å². The minimum atomic E-state index is 0.131. The maximum atomic E-state index is 5.17. The minimum absolute atomic E-state index is 0.131. The molecule has 4 heteroatoms. The molecule has 0 amide bonds. The average Bonchev–Trinajstić information content (AvgIpc) is 2.63. The molecule has 0 atom stereocenters. The van der Waals surface area contributed by atoms with Crippen molar-refractivity contribution in [3.05, 3.63) is 34.1 Å². The van der Waals surface area contributed by atoms with E-state index in [1.54, 1.807) is 0 Å². The number of benzene rings is 1. The number of nitrogens with zero attached hydrogens (tertiary/aromatic N) is 2. The number of halogens is 1. The molecule has 0 saturated carbocycles. The summed E-state index contributed by atoms with van der Waals surface area (Å²) in [6.07, 6.45) is 0. The van der Waals surface area contributed by atoms with Crippen molar-refractivity contribution in [3.63, 3.8) is 0 Å². The highest BCUT2D eigenvalue weighted by atomic mass is 79.9. The fourth-order valence-electron chi connectivity index (χ4n) is 1.56. The van der Waals surface area contributed by atoms with E-state index in [1.807, 2.05) is 13.0 Å². The third-order valence-corrected chi connectivity index (χ3v) is 3.25. The van der Waals surface area contributed by atoms with Gasteiger partial charge in [-0.05, 0) is 46.0 Å². The molecule has 90 valence electrons. The first-order valence-corrected chi connectivity index (χ1v) is 6.28. The van der Waals surface area contributed by atoms with Crippen LogP contribution in [0.3, 0.4) is 0 Å². The van der Waals surface area contributed by atoms with E-state index in [0.29, 0.717) is 11.7 Å². The lowest BCUT2D eigenvalue weighted by molar-refractivity contribution is 0.425. The van der Waals surface area contributed by atoms with Crippen LogP contribution in [0.4, 0.5) is 0 Å². The van der Waals surface area contributed by atoms with Gasteiger partial charge in [0.25, 0.3) is 5.89 Å². The topological polar surface area (TPSA) is 38.9 Å². The number of hydrogen-bond donors (Lipinski definition) is 0. The second-order valence-electron chi connectivity index (χ2n) is 5.09. The molecular formula is C13H15BrN2O. The Balaban J connectivity index is 2.45. The number of rotatable bonds is 1. The Morgan fingerprint density at radius 1 is 1.24 bits per heavy atom. The summed E-state index contributed by atoms with van der Waals surface area (Å²) in [6, 6.07) is 6.21. The average molecular weight is 295 g/mol. The van der Waals surface area contributed by atoms with Gasteiger partial charge in [0, 0.05) is 4.47 Å². The standard InChI is InChI=1S/C13H15BrN2O/c1-8-15-12(17-16-8)10-6-5-9(7-11(10)14)13(2,3)4/h5-7H,1-4H3. The van der Waals surface area contributed by atoms with Crippen LogP contribution in [0.1, 0.15) is 32.2 Å². The first kappa shape index (κ1) is 12.3. The maximum Gasteiger partial charge on any atom is 0.259 e. The van der Waals surface area contributed by atoms with Gasteiger partial charge in [0.15, 0.2) is 5.82 Å². The molecule has 1 aromatic heterocycles. The summed E-state index contributed by atoms with van der Waals surface area (Å²) in [7, 11) is 0. The van der Waals surface area contributed by atoms with E-state index in [0.717, 1.165) is 10.0 Å². The third-order valence-electron chi connectivity index (χ3n) is 2.59. The molecule has 2 rings (SSSR count). The van der Waals surface area contributed by atoms with E-state index in [9.17, 15) is 0 Å². The smallest absolute Gasteiger partial charge is 0.259 e. The van der Waals surface area contributed by atoms with Crippen LogP contribution in [-0.4, -0.2) is 10.1 Å². The van der Waals surface area contributed by atoms with E-state index in [2.05, 4.69) is 59.0 Å². The first-order chi connectivity index (χ1) is 7.88. The molecule has 1 heterocycles. The molecule has 0 unspecified atom stereocenters. The Morgan fingerprint density at radius 2 is 1.94 bits per heavy atom. The van der Waals surface area contributed by atoms with Crippen LogP contribution >= 0.6 is 15.9 Å². The Morgan fingerprint density at radius 3 is 2.41 bits per heavy atom. The quantitative estimate of drug-likeness (QED) is 0.795. The number of hydrogen-bond acceptors (Lipinski definition) is 3. The normalized spacial score (nSPS) is 11.8. The Kier molecular flexibility index (Phi) is 3.08. The zero-order valence-electron chi connectivity index (χ0n) is 10.4. The fraction of sp³-hybridized carbons (Fsp3) is 0.385. The molecule has 0 saturated heterocycles. The van der Waals surface area contributed by atoms with Crippen molar-refractivity contribution in [2.75, 3.05) is 0 Å². The van der Waals surface area contributed by atoms with E-state index >= 15 is 0 Å². The SMILES string of the molecule is Cc1noc(-c2ccc(C(C)(C)C)cc2Br)n1. The molecule has 0 aliphatic carbocycles. The van der Waals surface area contributed by atoms with Gasteiger partial charge >= 0.3 is 0 Å². The molecule has 17 heavy (non-hydrogen) atoms. The number of aryl methyl sites for hydroxylation is 1. The molecule has 0 radical (unpaired) electrons. The Hall–Kier alpha value is -1.16. The summed E-state index contributed by atoms with van der Waals surface area (Å²) in [5, 5.41) is 3.80. The Labute approximate surface area is 109 Å². The molecule has 0 fully saturated rings. The van der Waals surface area contributed by atoms with Gasteiger partial charge in [-0.1, -0.05) is 32.0 Å². The van der Waals surface area contributed by atoms with Gasteiger partial charge in [-0.25, -0.2) is 0 Å². The first-order valence-electron chi connectivity index (χ1n) is 5.48. The van der Waals surface area contributed by atoms with Crippen LogP contribution < -0.4 is 0 Å². The van der Waals surface area contributed by atoms with Crippen LogP contribution in [0.5, 0.6) is 0 Å². The highest BCUT2D eigenvalue weighted by Crippen LogP contribution is 2.32. The predicted molar refractivity (Wildman–Crippen MR) is 70.9 cm³/mol. The van der Waals surface area contributed by atoms with E-state index in [4.69, 9.17) is 4.52 Å². The van der Waals surface area contributed by atoms with Crippen LogP contribution in [0, 0.1) is 6.92 Å². The van der Waals surface area contributed by atoms with Gasteiger partial charge in [-0.15, -0.1) is 0 Å². The molecule has 0 aliphatic rings. The summed E-state index contributed by atoms with van der Waals surface area (Å²) in [5.74, 6) is 1.20. The summed E-state index contributed by atoms with van der Waals surface area (Å²) < 4.78 is 6.15. The van der Waals surface area contributed by atoms with Crippen molar-refractivity contribution in [1.29, 1.82) is 0 Å². The van der Waals surface area contributed by atoms with Gasteiger partial charge in [0.05, 0.1) is 5.56 Å². The molecule has 0 bridgehead atoms.